The number of aryl methyl sites for hydroxylation is 1. The zero-order chi connectivity index (χ0) is 18.2. The van der Waals surface area contributed by atoms with Crippen LogP contribution in [0, 0.1) is 6.92 Å². The molecule has 0 atom stereocenters. The molecule has 1 aromatic heterocycles. The van der Waals surface area contributed by atoms with Crippen molar-refractivity contribution in [1.29, 1.82) is 0 Å². The van der Waals surface area contributed by atoms with Crippen molar-refractivity contribution in [3.63, 3.8) is 0 Å². The summed E-state index contributed by atoms with van der Waals surface area (Å²) in [4.78, 5) is 16.8. The number of carbonyl (C=O) groups is 1. The van der Waals surface area contributed by atoms with E-state index in [2.05, 4.69) is 15.0 Å². The Balaban J connectivity index is 1.85. The predicted molar refractivity (Wildman–Crippen MR) is 102 cm³/mol. The summed E-state index contributed by atoms with van der Waals surface area (Å²) in [6.07, 6.45) is 1.02. The van der Waals surface area contributed by atoms with Crippen molar-refractivity contribution in [2.24, 2.45) is 0 Å². The molecule has 0 unspecified atom stereocenters. The molecule has 2 N–H and O–H groups in total. The lowest BCUT2D eigenvalue weighted by Crippen LogP contribution is -2.14. The summed E-state index contributed by atoms with van der Waals surface area (Å²) in [7, 11) is -3.49. The summed E-state index contributed by atoms with van der Waals surface area (Å²) >= 11 is 7.51. The van der Waals surface area contributed by atoms with Crippen LogP contribution in [0.5, 0.6) is 0 Å². The van der Waals surface area contributed by atoms with Gasteiger partial charge in [-0.1, -0.05) is 11.6 Å². The minimum Gasteiger partial charge on any atom is -0.322 e. The third-order valence-electron chi connectivity index (χ3n) is 3.28. The number of hydrogen-bond acceptors (Lipinski definition) is 5. The van der Waals surface area contributed by atoms with E-state index in [1.54, 1.807) is 17.4 Å². The van der Waals surface area contributed by atoms with Crippen molar-refractivity contribution in [2.75, 3.05) is 16.3 Å². The fourth-order valence-corrected chi connectivity index (χ4v) is 3.92. The molecule has 0 saturated carbocycles. The van der Waals surface area contributed by atoms with Gasteiger partial charge in [-0.25, -0.2) is 13.4 Å². The molecule has 9 heteroatoms. The first-order chi connectivity index (χ1) is 11.7. The van der Waals surface area contributed by atoms with Gasteiger partial charge in [0.15, 0.2) is 0 Å². The molecule has 1 heterocycles. The maximum atomic E-state index is 12.4. The van der Waals surface area contributed by atoms with Crippen molar-refractivity contribution in [2.45, 2.75) is 6.92 Å². The molecule has 0 aliphatic heterocycles. The minimum absolute atomic E-state index is 0.158. The van der Waals surface area contributed by atoms with Gasteiger partial charge in [-0.15, -0.1) is 11.3 Å². The molecule has 3 aromatic rings. The summed E-state index contributed by atoms with van der Waals surface area (Å²) in [5.41, 5.74) is 1.96. The van der Waals surface area contributed by atoms with Crippen LogP contribution in [0.3, 0.4) is 0 Å². The highest BCUT2D eigenvalue weighted by atomic mass is 35.5. The van der Waals surface area contributed by atoms with E-state index in [9.17, 15) is 13.2 Å². The average molecular weight is 396 g/mol. The maximum Gasteiger partial charge on any atom is 0.255 e. The standard InChI is InChI=1S/C16H14ClN3O3S2/c1-9-18-13-6-4-11(8-15(13)24-9)19-16(21)10-3-5-12(17)14(7-10)20-25(2,22)23/h3-8,20H,1-2H3,(H,19,21). The molecular weight excluding hydrogens is 382 g/mol. The normalized spacial score (nSPS) is 11.5. The second-order valence-corrected chi connectivity index (χ2v) is 8.83. The summed E-state index contributed by atoms with van der Waals surface area (Å²) in [5, 5.41) is 3.95. The lowest BCUT2D eigenvalue weighted by Gasteiger charge is -2.09. The van der Waals surface area contributed by atoms with Crippen molar-refractivity contribution < 1.29 is 13.2 Å². The number of fused-ring (bicyclic) bond motifs is 1. The quantitative estimate of drug-likeness (QED) is 0.701. The first-order valence-corrected chi connectivity index (χ1v) is 10.3. The van der Waals surface area contributed by atoms with Gasteiger partial charge in [0.25, 0.3) is 5.91 Å². The number of amides is 1. The molecule has 0 aliphatic rings. The number of nitrogens with one attached hydrogen (secondary N) is 2. The van der Waals surface area contributed by atoms with Crippen LogP contribution in [0.4, 0.5) is 11.4 Å². The number of benzene rings is 2. The number of rotatable bonds is 4. The Labute approximate surface area is 153 Å². The van der Waals surface area contributed by atoms with Crippen molar-refractivity contribution in [3.05, 3.63) is 52.0 Å². The van der Waals surface area contributed by atoms with Gasteiger partial charge in [0.1, 0.15) is 0 Å². The Kier molecular flexibility index (Phi) is 4.68. The van der Waals surface area contributed by atoms with E-state index in [-0.39, 0.29) is 22.2 Å². The lowest BCUT2D eigenvalue weighted by molar-refractivity contribution is 0.102. The molecule has 0 aliphatic carbocycles. The Bertz CT molecular complexity index is 1080. The van der Waals surface area contributed by atoms with Gasteiger partial charge in [-0.2, -0.15) is 0 Å². The summed E-state index contributed by atoms with van der Waals surface area (Å²) in [5.74, 6) is -0.367. The molecule has 3 rings (SSSR count). The van der Waals surface area contributed by atoms with Crippen LogP contribution in [0.15, 0.2) is 36.4 Å². The molecule has 1 amide bonds. The van der Waals surface area contributed by atoms with Crippen molar-refractivity contribution in [3.8, 4) is 0 Å². The monoisotopic (exact) mass is 395 g/mol. The Morgan fingerprint density at radius 2 is 1.96 bits per heavy atom. The van der Waals surface area contributed by atoms with Gasteiger partial charge in [0.2, 0.25) is 10.0 Å². The number of anilines is 2. The maximum absolute atomic E-state index is 12.4. The molecule has 0 spiro atoms. The third kappa shape index (κ3) is 4.28. The zero-order valence-corrected chi connectivity index (χ0v) is 15.7. The second-order valence-electron chi connectivity index (χ2n) is 5.44. The van der Waals surface area contributed by atoms with Crippen LogP contribution in [-0.4, -0.2) is 25.6 Å². The molecule has 0 radical (unpaired) electrons. The smallest absolute Gasteiger partial charge is 0.255 e. The van der Waals surface area contributed by atoms with E-state index >= 15 is 0 Å². The molecule has 0 fully saturated rings. The van der Waals surface area contributed by atoms with Gasteiger partial charge in [0, 0.05) is 11.3 Å². The van der Waals surface area contributed by atoms with Gasteiger partial charge in [-0.3, -0.25) is 9.52 Å². The van der Waals surface area contributed by atoms with Gasteiger partial charge in [-0.05, 0) is 43.3 Å². The van der Waals surface area contributed by atoms with Gasteiger partial charge < -0.3 is 5.32 Å². The van der Waals surface area contributed by atoms with Crippen LogP contribution >= 0.6 is 22.9 Å². The van der Waals surface area contributed by atoms with Crippen molar-refractivity contribution >= 4 is 60.5 Å². The molecule has 25 heavy (non-hydrogen) atoms. The SMILES string of the molecule is Cc1nc2ccc(NC(=O)c3ccc(Cl)c(NS(C)(=O)=O)c3)cc2s1. The van der Waals surface area contributed by atoms with Crippen molar-refractivity contribution in [1.82, 2.24) is 4.98 Å². The second kappa shape index (κ2) is 6.62. The number of sulfonamides is 1. The summed E-state index contributed by atoms with van der Waals surface area (Å²) in [6.45, 7) is 1.92. The molecule has 0 bridgehead atoms. The highest BCUT2D eigenvalue weighted by Gasteiger charge is 2.12. The van der Waals surface area contributed by atoms with Crippen LogP contribution in [0.2, 0.25) is 5.02 Å². The largest absolute Gasteiger partial charge is 0.322 e. The van der Waals surface area contributed by atoms with E-state index in [4.69, 9.17) is 11.6 Å². The minimum atomic E-state index is -3.49. The van der Waals surface area contributed by atoms with E-state index in [1.165, 1.54) is 18.2 Å². The van der Waals surface area contributed by atoms with Crippen LogP contribution in [0.1, 0.15) is 15.4 Å². The van der Waals surface area contributed by atoms with Crippen LogP contribution in [-0.2, 0) is 10.0 Å². The number of aromatic nitrogens is 1. The fraction of sp³-hybridized carbons (Fsp3) is 0.125. The highest BCUT2D eigenvalue weighted by Crippen LogP contribution is 2.26. The Hall–Kier alpha value is -2.16. The van der Waals surface area contributed by atoms with Crippen LogP contribution < -0.4 is 10.0 Å². The Morgan fingerprint density at radius 3 is 2.68 bits per heavy atom. The zero-order valence-electron chi connectivity index (χ0n) is 13.3. The highest BCUT2D eigenvalue weighted by molar-refractivity contribution is 7.92. The molecule has 130 valence electrons. The van der Waals surface area contributed by atoms with Gasteiger partial charge in [0.05, 0.1) is 32.2 Å². The Morgan fingerprint density at radius 1 is 1.20 bits per heavy atom. The topological polar surface area (TPSA) is 88.2 Å². The predicted octanol–water partition coefficient (Wildman–Crippen LogP) is 3.88. The number of hydrogen-bond donors (Lipinski definition) is 2. The molecule has 2 aromatic carbocycles. The molecule has 0 saturated heterocycles. The van der Waals surface area contributed by atoms with E-state index in [0.717, 1.165) is 21.5 Å². The van der Waals surface area contributed by atoms with Crippen LogP contribution in [0.25, 0.3) is 10.2 Å². The number of thiazole rings is 1. The fourth-order valence-electron chi connectivity index (χ4n) is 2.27. The molecule has 6 nitrogen and oxygen atoms in total. The first-order valence-electron chi connectivity index (χ1n) is 7.17. The first kappa shape index (κ1) is 17.7. The summed E-state index contributed by atoms with van der Waals surface area (Å²) < 4.78 is 26.0. The molecular formula is C16H14ClN3O3S2. The van der Waals surface area contributed by atoms with E-state index in [1.807, 2.05) is 19.1 Å². The lowest BCUT2D eigenvalue weighted by atomic mass is 10.2. The van der Waals surface area contributed by atoms with E-state index in [0.29, 0.717) is 5.69 Å². The number of nitrogens with zero attached hydrogens (tertiary/aromatic N) is 1. The summed E-state index contributed by atoms with van der Waals surface area (Å²) in [6, 6.07) is 9.86. The number of halogens is 1. The average Bonchev–Trinajstić information content (AvgIpc) is 2.87. The number of carbonyl (C=O) groups excluding carboxylic acids is 1. The van der Waals surface area contributed by atoms with E-state index < -0.39 is 10.0 Å². The van der Waals surface area contributed by atoms with Gasteiger partial charge >= 0.3 is 0 Å². The third-order valence-corrected chi connectivity index (χ3v) is 5.13.